The summed E-state index contributed by atoms with van der Waals surface area (Å²) in [6.45, 7) is 17.5. The molecule has 9 rings (SSSR count). The molecule has 2 fully saturated rings. The molecule has 2 aliphatic heterocycles. The smallest absolute Gasteiger partial charge is 0.456 e. The van der Waals surface area contributed by atoms with Crippen LogP contribution < -0.4 is 10.9 Å². The monoisotopic (exact) mass is 676 g/mol. The van der Waals surface area contributed by atoms with Gasteiger partial charge < -0.3 is 23.0 Å². The zero-order valence-corrected chi connectivity index (χ0v) is 31.1. The van der Waals surface area contributed by atoms with E-state index in [1.807, 2.05) is 18.2 Å². The summed E-state index contributed by atoms with van der Waals surface area (Å²) in [7, 11) is -1.13. The molecule has 2 unspecified atom stereocenters. The summed E-state index contributed by atoms with van der Waals surface area (Å²) in [4.78, 5) is 0. The average Bonchev–Trinajstić information content (AvgIpc) is 3.75. The Morgan fingerprint density at radius 3 is 2.10 bits per heavy atom. The van der Waals surface area contributed by atoms with Crippen molar-refractivity contribution >= 4 is 52.7 Å². The van der Waals surface area contributed by atoms with Gasteiger partial charge in [0.15, 0.2) is 0 Å². The number of benzene rings is 4. The molecule has 0 amide bonds. The molecule has 3 heterocycles. The lowest BCUT2D eigenvalue weighted by atomic mass is 9.72. The minimum absolute atomic E-state index is 0.0189. The van der Waals surface area contributed by atoms with Crippen LogP contribution in [0, 0.1) is 0 Å². The Hall–Kier alpha value is -3.87. The van der Waals surface area contributed by atoms with E-state index in [0.29, 0.717) is 6.42 Å². The second-order valence-electron chi connectivity index (χ2n) is 16.9. The van der Waals surface area contributed by atoms with Gasteiger partial charge in [0.2, 0.25) is 0 Å². The first kappa shape index (κ1) is 33.0. The highest BCUT2D eigenvalue weighted by Crippen LogP contribution is 2.52. The van der Waals surface area contributed by atoms with Crippen LogP contribution in [-0.2, 0) is 24.0 Å². The number of para-hydroxylation sites is 1. The van der Waals surface area contributed by atoms with Crippen LogP contribution in [0.15, 0.2) is 107 Å². The third-order valence-corrected chi connectivity index (χ3v) is 12.9. The van der Waals surface area contributed by atoms with Gasteiger partial charge in [-0.15, -0.1) is 0 Å². The van der Waals surface area contributed by atoms with E-state index in [1.54, 1.807) is 0 Å². The summed E-state index contributed by atoms with van der Waals surface area (Å²) in [6, 6.07) is 29.8. The van der Waals surface area contributed by atoms with Crippen LogP contribution in [0.25, 0.3) is 38.6 Å². The predicted octanol–water partition coefficient (Wildman–Crippen LogP) is 9.30. The Kier molecular flexibility index (Phi) is 7.16. The minimum Gasteiger partial charge on any atom is -0.456 e. The predicted molar refractivity (Wildman–Crippen MR) is 209 cm³/mol. The standard InChI is InChI=1S/C44H46B2O5/c1-40(2)34-20-14-12-18-31(34)32-23-22-29(26-35(32)40)45-48-41(3,4)43(7,50-45)27-44(8)42(5,6)49-46(51-44)36-25-24-30(28-16-10-9-11-17-28)38-33-19-13-15-21-37(33)47-39(36)38/h9-13,15-19,21-26H,14,20,27H2,1-8H3. The summed E-state index contributed by atoms with van der Waals surface area (Å²) in [5, 5.41) is 2.15. The fourth-order valence-corrected chi connectivity index (χ4v) is 9.09. The van der Waals surface area contributed by atoms with Gasteiger partial charge in [0.25, 0.3) is 0 Å². The third kappa shape index (κ3) is 4.85. The Balaban J connectivity index is 1.03. The van der Waals surface area contributed by atoms with Crippen molar-refractivity contribution in [1.29, 1.82) is 0 Å². The molecule has 2 aliphatic carbocycles. The van der Waals surface area contributed by atoms with E-state index in [9.17, 15) is 0 Å². The molecule has 0 N–H and O–H groups in total. The van der Waals surface area contributed by atoms with Crippen molar-refractivity contribution in [3.8, 4) is 11.1 Å². The van der Waals surface area contributed by atoms with E-state index in [2.05, 4.69) is 134 Å². The van der Waals surface area contributed by atoms with Crippen LogP contribution in [0.4, 0.5) is 0 Å². The number of allylic oxidation sites excluding steroid dienone is 4. The first-order chi connectivity index (χ1) is 24.2. The zero-order valence-electron chi connectivity index (χ0n) is 31.1. The maximum atomic E-state index is 7.07. The third-order valence-electron chi connectivity index (χ3n) is 12.9. The molecule has 0 radical (unpaired) electrons. The van der Waals surface area contributed by atoms with Gasteiger partial charge >= 0.3 is 14.2 Å². The Labute approximate surface area is 302 Å². The van der Waals surface area contributed by atoms with Gasteiger partial charge in [-0.2, -0.15) is 0 Å². The lowest BCUT2D eigenvalue weighted by Gasteiger charge is -2.45. The molecule has 51 heavy (non-hydrogen) atoms. The van der Waals surface area contributed by atoms with E-state index in [1.165, 1.54) is 22.3 Å². The normalized spacial score (nSPS) is 26.0. The van der Waals surface area contributed by atoms with Crippen molar-refractivity contribution in [2.45, 2.75) is 102 Å². The summed E-state index contributed by atoms with van der Waals surface area (Å²) in [6.07, 6.45) is 7.39. The highest BCUT2D eigenvalue weighted by molar-refractivity contribution is 6.65. The van der Waals surface area contributed by atoms with E-state index in [-0.39, 0.29) is 5.41 Å². The summed E-state index contributed by atoms with van der Waals surface area (Å²) in [5.41, 5.74) is 8.80. The summed E-state index contributed by atoms with van der Waals surface area (Å²) in [5.74, 6) is 0. The van der Waals surface area contributed by atoms with Gasteiger partial charge in [-0.25, -0.2) is 0 Å². The number of rotatable bonds is 5. The van der Waals surface area contributed by atoms with Gasteiger partial charge in [0.1, 0.15) is 11.2 Å². The molecule has 7 heteroatoms. The zero-order chi connectivity index (χ0) is 35.6. The largest absolute Gasteiger partial charge is 0.498 e. The van der Waals surface area contributed by atoms with E-state index in [4.69, 9.17) is 23.0 Å². The molecule has 5 nitrogen and oxygen atoms in total. The summed E-state index contributed by atoms with van der Waals surface area (Å²) < 4.78 is 34.4. The average molecular weight is 676 g/mol. The highest BCUT2D eigenvalue weighted by atomic mass is 16.7. The Morgan fingerprint density at radius 1 is 0.667 bits per heavy atom. The van der Waals surface area contributed by atoms with Crippen LogP contribution in [0.3, 0.4) is 0 Å². The molecule has 0 saturated carbocycles. The van der Waals surface area contributed by atoms with Crippen LogP contribution >= 0.6 is 0 Å². The van der Waals surface area contributed by atoms with Crippen molar-refractivity contribution in [3.63, 3.8) is 0 Å². The van der Waals surface area contributed by atoms with Crippen LogP contribution in [0.2, 0.25) is 0 Å². The van der Waals surface area contributed by atoms with Gasteiger partial charge in [0.05, 0.1) is 22.4 Å². The van der Waals surface area contributed by atoms with Crippen LogP contribution in [0.5, 0.6) is 0 Å². The molecule has 0 bridgehead atoms. The van der Waals surface area contributed by atoms with E-state index < -0.39 is 36.6 Å². The van der Waals surface area contributed by atoms with Gasteiger partial charge in [-0.1, -0.05) is 110 Å². The fourth-order valence-electron chi connectivity index (χ4n) is 9.09. The molecule has 0 spiro atoms. The Morgan fingerprint density at radius 2 is 1.33 bits per heavy atom. The first-order valence-electron chi connectivity index (χ1n) is 18.5. The number of furan rings is 1. The molecule has 4 aromatic carbocycles. The lowest BCUT2D eigenvalue weighted by molar-refractivity contribution is -0.0967. The molecular weight excluding hydrogens is 630 g/mol. The summed E-state index contributed by atoms with van der Waals surface area (Å²) >= 11 is 0. The lowest BCUT2D eigenvalue weighted by Crippen LogP contribution is -2.55. The molecular formula is C44H46B2O5. The maximum Gasteiger partial charge on any atom is 0.498 e. The maximum absolute atomic E-state index is 7.07. The van der Waals surface area contributed by atoms with E-state index >= 15 is 0 Å². The van der Waals surface area contributed by atoms with Crippen molar-refractivity contribution < 1.29 is 23.0 Å². The molecule has 5 aromatic rings. The first-order valence-corrected chi connectivity index (χ1v) is 18.5. The number of hydrogen-bond donors (Lipinski definition) is 0. The molecule has 2 saturated heterocycles. The van der Waals surface area contributed by atoms with Gasteiger partial charge in [0, 0.05) is 28.1 Å². The minimum atomic E-state index is -0.715. The molecule has 4 aliphatic rings. The van der Waals surface area contributed by atoms with Gasteiger partial charge in [-0.3, -0.25) is 0 Å². The number of hydrogen-bond acceptors (Lipinski definition) is 5. The van der Waals surface area contributed by atoms with Crippen LogP contribution in [0.1, 0.15) is 85.8 Å². The molecule has 2 atom stereocenters. The van der Waals surface area contributed by atoms with Crippen molar-refractivity contribution in [2.75, 3.05) is 0 Å². The topological polar surface area (TPSA) is 50.1 Å². The molecule has 1 aromatic heterocycles. The second kappa shape index (κ2) is 11.1. The second-order valence-corrected chi connectivity index (χ2v) is 16.9. The van der Waals surface area contributed by atoms with Gasteiger partial charge in [-0.05, 0) is 93.7 Å². The van der Waals surface area contributed by atoms with Crippen molar-refractivity contribution in [3.05, 3.63) is 114 Å². The fraction of sp³-hybridized carbons (Fsp3) is 0.364. The Bertz CT molecular complexity index is 2280. The quantitative estimate of drug-likeness (QED) is 0.174. The van der Waals surface area contributed by atoms with Crippen LogP contribution in [-0.4, -0.2) is 36.6 Å². The SMILES string of the molecule is CC1(C)C2=C(C=CCC2)c2ccc(B3OC(C)(C)C(C)(CC4(C)OB(c5ccc(-c6ccccc6)c6c5oc5ccccc56)OC4(C)C)O3)cc21. The van der Waals surface area contributed by atoms with Crippen molar-refractivity contribution in [1.82, 2.24) is 0 Å². The number of fused-ring (bicyclic) bond motifs is 5. The van der Waals surface area contributed by atoms with Crippen molar-refractivity contribution in [2.24, 2.45) is 0 Å². The van der Waals surface area contributed by atoms with E-state index in [0.717, 1.165) is 56.8 Å². The highest BCUT2D eigenvalue weighted by Gasteiger charge is 2.63. The molecule has 258 valence electrons.